The van der Waals surface area contributed by atoms with Crippen LogP contribution in [0.4, 0.5) is 0 Å². The molecule has 1 heterocycles. The van der Waals surface area contributed by atoms with E-state index in [1.54, 1.807) is 6.92 Å². The fourth-order valence-electron chi connectivity index (χ4n) is 2.19. The van der Waals surface area contributed by atoms with Crippen LogP contribution in [0.1, 0.15) is 16.6 Å². The molecule has 0 atom stereocenters. The van der Waals surface area contributed by atoms with Crippen LogP contribution in [-0.4, -0.2) is 17.6 Å². The molecule has 0 saturated carbocycles. The second-order valence-electron chi connectivity index (χ2n) is 4.79. The Morgan fingerprint density at radius 2 is 1.87 bits per heavy atom. The molecule has 23 heavy (non-hydrogen) atoms. The third-order valence-electron chi connectivity index (χ3n) is 3.21. The van der Waals surface area contributed by atoms with Crippen LogP contribution in [-0.2, 0) is 4.74 Å². The Morgan fingerprint density at radius 1 is 1.13 bits per heavy atom. The molecule has 0 aliphatic heterocycles. The second-order valence-corrected chi connectivity index (χ2v) is 6.71. The molecular weight excluding hydrogens is 374 g/mol. The van der Waals surface area contributed by atoms with Gasteiger partial charge in [0.1, 0.15) is 9.88 Å². The molecule has 3 rings (SSSR count). The quantitative estimate of drug-likeness (QED) is 0.561. The largest absolute Gasteiger partial charge is 0.462 e. The van der Waals surface area contributed by atoms with E-state index in [9.17, 15) is 4.79 Å². The Labute approximate surface area is 147 Å². The summed E-state index contributed by atoms with van der Waals surface area (Å²) in [6.07, 6.45) is 0. The molecule has 0 fully saturated rings. The van der Waals surface area contributed by atoms with Crippen molar-refractivity contribution < 1.29 is 9.53 Å². The number of rotatable bonds is 4. The van der Waals surface area contributed by atoms with Gasteiger partial charge < -0.3 is 4.74 Å². The summed E-state index contributed by atoms with van der Waals surface area (Å²) in [7, 11) is 0. The molecular formula is C18H14BrNO2S. The van der Waals surface area contributed by atoms with Crippen molar-refractivity contribution in [3.05, 3.63) is 63.9 Å². The standard InChI is InChI=1S/C18H14BrNO2S/c1-2-22-18(21)16-15(12-7-4-3-5-8-12)20-17(23-16)13-9-6-10-14(19)11-13/h3-11H,2H2,1H3. The summed E-state index contributed by atoms with van der Waals surface area (Å²) < 4.78 is 6.16. The first kappa shape index (κ1) is 15.9. The lowest BCUT2D eigenvalue weighted by molar-refractivity contribution is 0.0532. The minimum atomic E-state index is -0.329. The highest BCUT2D eigenvalue weighted by atomic mass is 79.9. The van der Waals surface area contributed by atoms with Crippen molar-refractivity contribution in [3.8, 4) is 21.8 Å². The van der Waals surface area contributed by atoms with Gasteiger partial charge in [-0.25, -0.2) is 9.78 Å². The fourth-order valence-corrected chi connectivity index (χ4v) is 3.57. The van der Waals surface area contributed by atoms with Crippen molar-refractivity contribution in [2.75, 3.05) is 6.61 Å². The van der Waals surface area contributed by atoms with Gasteiger partial charge in [0.2, 0.25) is 0 Å². The minimum Gasteiger partial charge on any atom is -0.462 e. The van der Waals surface area contributed by atoms with Crippen LogP contribution in [0.2, 0.25) is 0 Å². The van der Waals surface area contributed by atoms with Gasteiger partial charge >= 0.3 is 5.97 Å². The van der Waals surface area contributed by atoms with Gasteiger partial charge in [-0.05, 0) is 19.1 Å². The van der Waals surface area contributed by atoms with Crippen molar-refractivity contribution in [2.24, 2.45) is 0 Å². The number of hydrogen-bond donors (Lipinski definition) is 0. The lowest BCUT2D eigenvalue weighted by Crippen LogP contribution is -2.03. The molecule has 5 heteroatoms. The van der Waals surface area contributed by atoms with E-state index in [-0.39, 0.29) is 5.97 Å². The average molecular weight is 388 g/mol. The Bertz CT molecular complexity index is 830. The Morgan fingerprint density at radius 3 is 2.57 bits per heavy atom. The smallest absolute Gasteiger partial charge is 0.350 e. The van der Waals surface area contributed by atoms with Crippen molar-refractivity contribution >= 4 is 33.2 Å². The first-order valence-corrected chi connectivity index (χ1v) is 8.79. The first-order chi connectivity index (χ1) is 11.2. The molecule has 2 aromatic carbocycles. The SMILES string of the molecule is CCOC(=O)c1sc(-c2cccc(Br)c2)nc1-c1ccccc1. The molecule has 0 aliphatic rings. The van der Waals surface area contributed by atoms with Gasteiger partial charge in [0.15, 0.2) is 0 Å². The van der Waals surface area contributed by atoms with Crippen LogP contribution in [0, 0.1) is 0 Å². The molecule has 0 aliphatic carbocycles. The van der Waals surface area contributed by atoms with Crippen molar-refractivity contribution in [2.45, 2.75) is 6.92 Å². The summed E-state index contributed by atoms with van der Waals surface area (Å²) in [5.41, 5.74) is 2.55. The molecule has 0 bridgehead atoms. The van der Waals surface area contributed by atoms with Crippen molar-refractivity contribution in [1.29, 1.82) is 0 Å². The third kappa shape index (κ3) is 3.51. The van der Waals surface area contributed by atoms with Crippen LogP contribution in [0.25, 0.3) is 21.8 Å². The summed E-state index contributed by atoms with van der Waals surface area (Å²) in [6, 6.07) is 17.6. The van der Waals surface area contributed by atoms with Gasteiger partial charge in [-0.15, -0.1) is 11.3 Å². The fraction of sp³-hybridized carbons (Fsp3) is 0.111. The average Bonchev–Trinajstić information content (AvgIpc) is 3.01. The Hall–Kier alpha value is -1.98. The highest BCUT2D eigenvalue weighted by Gasteiger charge is 2.21. The first-order valence-electron chi connectivity index (χ1n) is 7.18. The van der Waals surface area contributed by atoms with Crippen LogP contribution in [0.3, 0.4) is 0 Å². The zero-order chi connectivity index (χ0) is 16.2. The molecule has 3 nitrogen and oxygen atoms in total. The number of carbonyl (C=O) groups is 1. The molecule has 0 radical (unpaired) electrons. The Balaban J connectivity index is 2.12. The van der Waals surface area contributed by atoms with E-state index in [0.29, 0.717) is 17.2 Å². The van der Waals surface area contributed by atoms with E-state index in [0.717, 1.165) is 20.6 Å². The zero-order valence-electron chi connectivity index (χ0n) is 12.5. The number of carbonyl (C=O) groups excluding carboxylic acids is 1. The van der Waals surface area contributed by atoms with E-state index >= 15 is 0 Å². The monoisotopic (exact) mass is 387 g/mol. The van der Waals surface area contributed by atoms with E-state index in [4.69, 9.17) is 9.72 Å². The predicted molar refractivity (Wildman–Crippen MR) is 96.6 cm³/mol. The molecule has 0 unspecified atom stereocenters. The lowest BCUT2D eigenvalue weighted by atomic mass is 10.1. The maximum atomic E-state index is 12.3. The molecule has 0 saturated heterocycles. The molecule has 0 spiro atoms. The van der Waals surface area contributed by atoms with Crippen LogP contribution in [0.15, 0.2) is 59.1 Å². The third-order valence-corrected chi connectivity index (χ3v) is 4.78. The minimum absolute atomic E-state index is 0.329. The molecule has 0 amide bonds. The van der Waals surface area contributed by atoms with E-state index in [2.05, 4.69) is 15.9 Å². The number of hydrogen-bond acceptors (Lipinski definition) is 4. The number of halogens is 1. The number of nitrogens with zero attached hydrogens (tertiary/aromatic N) is 1. The summed E-state index contributed by atoms with van der Waals surface area (Å²) in [6.45, 7) is 2.15. The number of esters is 1. The maximum absolute atomic E-state index is 12.3. The number of thiazole rings is 1. The van der Waals surface area contributed by atoms with Crippen LogP contribution in [0.5, 0.6) is 0 Å². The molecule has 0 N–H and O–H groups in total. The molecule has 1 aromatic heterocycles. The lowest BCUT2D eigenvalue weighted by Gasteiger charge is -2.01. The van der Waals surface area contributed by atoms with Gasteiger partial charge in [-0.1, -0.05) is 58.4 Å². The maximum Gasteiger partial charge on any atom is 0.350 e. The molecule has 116 valence electrons. The van der Waals surface area contributed by atoms with Crippen molar-refractivity contribution in [3.63, 3.8) is 0 Å². The Kier molecular flexibility index (Phi) is 4.88. The second kappa shape index (κ2) is 7.06. The normalized spacial score (nSPS) is 10.5. The number of ether oxygens (including phenoxy) is 1. The molecule has 3 aromatic rings. The summed E-state index contributed by atoms with van der Waals surface area (Å²) in [5.74, 6) is -0.329. The highest BCUT2D eigenvalue weighted by Crippen LogP contribution is 2.35. The van der Waals surface area contributed by atoms with E-state index < -0.39 is 0 Å². The zero-order valence-corrected chi connectivity index (χ0v) is 14.9. The van der Waals surface area contributed by atoms with E-state index in [1.807, 2.05) is 54.6 Å². The summed E-state index contributed by atoms with van der Waals surface area (Å²) in [4.78, 5) is 17.5. The number of benzene rings is 2. The van der Waals surface area contributed by atoms with Gasteiger partial charge in [0, 0.05) is 15.6 Å². The van der Waals surface area contributed by atoms with Crippen LogP contribution < -0.4 is 0 Å². The van der Waals surface area contributed by atoms with Gasteiger partial charge in [-0.3, -0.25) is 0 Å². The van der Waals surface area contributed by atoms with E-state index in [1.165, 1.54) is 11.3 Å². The van der Waals surface area contributed by atoms with Crippen molar-refractivity contribution in [1.82, 2.24) is 4.98 Å². The topological polar surface area (TPSA) is 39.2 Å². The van der Waals surface area contributed by atoms with Crippen LogP contribution >= 0.6 is 27.3 Å². The van der Waals surface area contributed by atoms with Gasteiger partial charge in [0.25, 0.3) is 0 Å². The summed E-state index contributed by atoms with van der Waals surface area (Å²) in [5, 5.41) is 0.799. The van der Waals surface area contributed by atoms with Gasteiger partial charge in [0.05, 0.1) is 12.3 Å². The number of aromatic nitrogens is 1. The highest BCUT2D eigenvalue weighted by molar-refractivity contribution is 9.10. The van der Waals surface area contributed by atoms with Gasteiger partial charge in [-0.2, -0.15) is 0 Å². The summed E-state index contributed by atoms with van der Waals surface area (Å²) >= 11 is 4.83. The predicted octanol–water partition coefficient (Wildman–Crippen LogP) is 5.42.